The number of hydrogen-bond acceptors (Lipinski definition) is 8. The van der Waals surface area contributed by atoms with Gasteiger partial charge in [-0.2, -0.15) is 0 Å². The molecule has 0 radical (unpaired) electrons. The molecule has 0 fully saturated rings. The average Bonchev–Trinajstić information content (AvgIpc) is 3.36. The van der Waals surface area contributed by atoms with E-state index in [2.05, 4.69) is 86.8 Å². The van der Waals surface area contributed by atoms with Crippen molar-refractivity contribution in [2.75, 3.05) is 47.5 Å². The number of allylic oxidation sites excluding steroid dienone is 12. The summed E-state index contributed by atoms with van der Waals surface area (Å²) in [5.74, 6) is -0.824. The van der Waals surface area contributed by atoms with Crippen LogP contribution in [0.5, 0.6) is 0 Å². The molecule has 0 aromatic heterocycles. The standard InChI is InChI=1S/C64H116NO8P/c1-6-8-10-12-14-16-18-19-20-21-22-23-24-25-26-27-28-29-30-31-32-33-34-35-36-37-38-39-40-41-42-43-44-45-47-49-51-53-55-57-64(67)73-62(61-72-74(68,69)71-59-58-65(3,4)5)60-70-63(66)56-54-52-50-48-46-17-15-13-11-9-7-2/h8,10,14,16,19-20,22-23,25-26,28-29,62H,6-7,9,11-13,15,17-18,21,24,27,30-61H2,1-5H3/b10-8-,16-14-,20-19-,23-22-,26-25-,29-28-. The summed E-state index contributed by atoms with van der Waals surface area (Å²) in [5.41, 5.74) is 0. The largest absolute Gasteiger partial charge is 0.756 e. The maximum Gasteiger partial charge on any atom is 0.306 e. The van der Waals surface area contributed by atoms with Crippen LogP contribution in [0.1, 0.15) is 271 Å². The van der Waals surface area contributed by atoms with Crippen LogP contribution < -0.4 is 4.89 Å². The second kappa shape index (κ2) is 55.2. The van der Waals surface area contributed by atoms with E-state index >= 15 is 0 Å². The van der Waals surface area contributed by atoms with Crippen LogP contribution in [-0.2, 0) is 32.7 Å². The van der Waals surface area contributed by atoms with Gasteiger partial charge in [0.25, 0.3) is 7.82 Å². The van der Waals surface area contributed by atoms with Crippen molar-refractivity contribution < 1.29 is 42.1 Å². The van der Waals surface area contributed by atoms with Gasteiger partial charge in [0, 0.05) is 12.8 Å². The third-order valence-corrected chi connectivity index (χ3v) is 14.2. The molecule has 0 saturated heterocycles. The SMILES string of the molecule is CC/C=C\C/C=C\C/C=C\C/C=C\C/C=C\C/C=C\CCCCCCCCCCCCCCCCCCCCCCC(=O)OC(COC(=O)CCCCCCCCCCCCC)COP(=O)([O-])OCC[N+](C)(C)C. The Morgan fingerprint density at radius 2 is 0.770 bits per heavy atom. The zero-order valence-electron chi connectivity index (χ0n) is 48.8. The molecule has 0 amide bonds. The highest BCUT2D eigenvalue weighted by molar-refractivity contribution is 7.45. The monoisotopic (exact) mass is 1060 g/mol. The minimum atomic E-state index is -4.63. The summed E-state index contributed by atoms with van der Waals surface area (Å²) in [6.07, 6.45) is 72.7. The van der Waals surface area contributed by atoms with Gasteiger partial charge in [0.2, 0.25) is 0 Å². The fourth-order valence-electron chi connectivity index (χ4n) is 8.54. The first-order valence-corrected chi connectivity index (χ1v) is 32.1. The molecule has 0 aromatic rings. The van der Waals surface area contributed by atoms with Crippen LogP contribution in [-0.4, -0.2) is 70.0 Å². The third kappa shape index (κ3) is 58.7. The van der Waals surface area contributed by atoms with E-state index in [9.17, 15) is 19.0 Å². The quantitative estimate of drug-likeness (QED) is 0.0195. The van der Waals surface area contributed by atoms with Crippen LogP contribution in [0.15, 0.2) is 72.9 Å². The summed E-state index contributed by atoms with van der Waals surface area (Å²) in [6.45, 7) is 4.13. The zero-order valence-corrected chi connectivity index (χ0v) is 49.7. The molecular formula is C64H116NO8P. The van der Waals surface area contributed by atoms with E-state index in [1.807, 2.05) is 21.1 Å². The van der Waals surface area contributed by atoms with Crippen LogP contribution in [0.4, 0.5) is 0 Å². The molecule has 0 aliphatic carbocycles. The van der Waals surface area contributed by atoms with E-state index < -0.39 is 26.5 Å². The number of carbonyl (C=O) groups excluding carboxylic acids is 2. The number of likely N-dealkylation sites (N-methyl/N-ethyl adjacent to an activating group) is 1. The summed E-state index contributed by atoms with van der Waals surface area (Å²) in [7, 11) is 1.17. The van der Waals surface area contributed by atoms with Gasteiger partial charge in [-0.3, -0.25) is 14.2 Å². The second-order valence-electron chi connectivity index (χ2n) is 21.7. The Morgan fingerprint density at radius 1 is 0.432 bits per heavy atom. The van der Waals surface area contributed by atoms with Gasteiger partial charge in [-0.05, 0) is 64.2 Å². The number of esters is 2. The molecule has 74 heavy (non-hydrogen) atoms. The number of ether oxygens (including phenoxy) is 2. The van der Waals surface area contributed by atoms with Crippen molar-refractivity contribution in [3.63, 3.8) is 0 Å². The maximum absolute atomic E-state index is 12.8. The fraction of sp³-hybridized carbons (Fsp3) is 0.781. The Kier molecular flexibility index (Phi) is 53.3. The summed E-state index contributed by atoms with van der Waals surface area (Å²) < 4.78 is 34.1. The van der Waals surface area contributed by atoms with E-state index in [4.69, 9.17) is 18.5 Å². The molecule has 0 aliphatic heterocycles. The topological polar surface area (TPSA) is 111 Å². The molecule has 0 spiro atoms. The lowest BCUT2D eigenvalue weighted by atomic mass is 10.0. The number of phosphoric acid groups is 1. The van der Waals surface area contributed by atoms with Gasteiger partial charge in [0.1, 0.15) is 19.8 Å². The molecule has 0 N–H and O–H groups in total. The Labute approximate surface area is 457 Å². The van der Waals surface area contributed by atoms with Gasteiger partial charge in [-0.15, -0.1) is 0 Å². The van der Waals surface area contributed by atoms with Crippen LogP contribution in [0.2, 0.25) is 0 Å². The number of nitrogens with zero attached hydrogens (tertiary/aromatic N) is 1. The van der Waals surface area contributed by atoms with Crippen molar-refractivity contribution in [3.05, 3.63) is 72.9 Å². The lowest BCUT2D eigenvalue weighted by molar-refractivity contribution is -0.870. The van der Waals surface area contributed by atoms with E-state index in [-0.39, 0.29) is 32.0 Å². The maximum atomic E-state index is 12.8. The fourth-order valence-corrected chi connectivity index (χ4v) is 9.27. The van der Waals surface area contributed by atoms with Gasteiger partial charge in [-0.25, -0.2) is 0 Å². The predicted octanol–water partition coefficient (Wildman–Crippen LogP) is 18.6. The Hall–Kier alpha value is -2.55. The molecule has 0 heterocycles. The summed E-state index contributed by atoms with van der Waals surface area (Å²) >= 11 is 0. The van der Waals surface area contributed by atoms with Crippen molar-refractivity contribution in [2.45, 2.75) is 277 Å². The first kappa shape index (κ1) is 71.5. The summed E-state index contributed by atoms with van der Waals surface area (Å²) in [5, 5.41) is 0. The van der Waals surface area contributed by atoms with Crippen molar-refractivity contribution in [1.29, 1.82) is 0 Å². The highest BCUT2D eigenvalue weighted by Gasteiger charge is 2.22. The lowest BCUT2D eigenvalue weighted by Gasteiger charge is -2.28. The number of quaternary nitrogens is 1. The predicted molar refractivity (Wildman–Crippen MR) is 314 cm³/mol. The second-order valence-corrected chi connectivity index (χ2v) is 23.1. The highest BCUT2D eigenvalue weighted by atomic mass is 31.2. The van der Waals surface area contributed by atoms with Crippen LogP contribution in [0.25, 0.3) is 0 Å². The first-order valence-electron chi connectivity index (χ1n) is 30.6. The van der Waals surface area contributed by atoms with Crippen LogP contribution in [0, 0.1) is 0 Å². The minimum absolute atomic E-state index is 0.0295. The summed E-state index contributed by atoms with van der Waals surface area (Å²) in [6, 6.07) is 0. The van der Waals surface area contributed by atoms with Crippen molar-refractivity contribution in [2.24, 2.45) is 0 Å². The van der Waals surface area contributed by atoms with Crippen LogP contribution >= 0.6 is 7.82 Å². The Bertz CT molecular complexity index is 1480. The average molecular weight is 1060 g/mol. The number of carbonyl (C=O) groups is 2. The van der Waals surface area contributed by atoms with Gasteiger partial charge < -0.3 is 27.9 Å². The Balaban J connectivity index is 3.90. The van der Waals surface area contributed by atoms with Crippen LogP contribution in [0.3, 0.4) is 0 Å². The van der Waals surface area contributed by atoms with Gasteiger partial charge in [0.15, 0.2) is 6.10 Å². The number of unbranched alkanes of at least 4 members (excludes halogenated alkanes) is 30. The molecule has 2 atom stereocenters. The molecule has 0 aromatic carbocycles. The molecule has 0 rings (SSSR count). The van der Waals surface area contributed by atoms with E-state index in [1.54, 1.807) is 0 Å². The highest BCUT2D eigenvalue weighted by Crippen LogP contribution is 2.38. The minimum Gasteiger partial charge on any atom is -0.756 e. The Morgan fingerprint density at radius 3 is 1.15 bits per heavy atom. The van der Waals surface area contributed by atoms with Crippen molar-refractivity contribution >= 4 is 19.8 Å². The van der Waals surface area contributed by atoms with E-state index in [1.165, 1.54) is 161 Å². The number of rotatable bonds is 56. The molecular weight excluding hydrogens is 942 g/mol. The van der Waals surface area contributed by atoms with Crippen molar-refractivity contribution in [3.8, 4) is 0 Å². The molecule has 0 saturated carbocycles. The number of phosphoric ester groups is 1. The number of hydrogen-bond donors (Lipinski definition) is 0. The smallest absolute Gasteiger partial charge is 0.306 e. The van der Waals surface area contributed by atoms with E-state index in [0.717, 1.165) is 77.0 Å². The normalized spacial score (nSPS) is 13.8. The zero-order chi connectivity index (χ0) is 54.2. The van der Waals surface area contributed by atoms with Gasteiger partial charge >= 0.3 is 11.9 Å². The lowest BCUT2D eigenvalue weighted by Crippen LogP contribution is -2.37. The van der Waals surface area contributed by atoms with Gasteiger partial charge in [-0.1, -0.05) is 267 Å². The van der Waals surface area contributed by atoms with E-state index in [0.29, 0.717) is 17.4 Å². The van der Waals surface area contributed by atoms with Gasteiger partial charge in [0.05, 0.1) is 27.7 Å². The summed E-state index contributed by atoms with van der Waals surface area (Å²) in [4.78, 5) is 37.7. The first-order chi connectivity index (χ1) is 36.0. The molecule has 9 nitrogen and oxygen atoms in total. The molecule has 10 heteroatoms. The molecule has 430 valence electrons. The van der Waals surface area contributed by atoms with Crippen molar-refractivity contribution in [1.82, 2.24) is 0 Å². The molecule has 0 bridgehead atoms. The molecule has 2 unspecified atom stereocenters. The molecule has 0 aliphatic rings. The third-order valence-electron chi connectivity index (χ3n) is 13.2.